The lowest BCUT2D eigenvalue weighted by Gasteiger charge is -2.07. The molecule has 5 aromatic carbocycles. The van der Waals surface area contributed by atoms with Gasteiger partial charge in [0, 0.05) is 62.3 Å². The minimum absolute atomic E-state index is 0.863. The van der Waals surface area contributed by atoms with Crippen LogP contribution in [0.25, 0.3) is 65.8 Å². The lowest BCUT2D eigenvalue weighted by atomic mass is 9.94. The Balaban J connectivity index is 1.33. The van der Waals surface area contributed by atoms with Gasteiger partial charge in [-0.3, -0.25) is 4.99 Å². The van der Waals surface area contributed by atoms with Gasteiger partial charge in [-0.25, -0.2) is 4.98 Å². The maximum Gasteiger partial charge on any atom is 0.140 e. The first-order valence-electron chi connectivity index (χ1n) is 13.2. The number of benzene rings is 5. The van der Waals surface area contributed by atoms with Crippen LogP contribution in [0.2, 0.25) is 0 Å². The Labute approximate surface area is 225 Å². The molecule has 3 aromatic heterocycles. The predicted molar refractivity (Wildman–Crippen MR) is 167 cm³/mol. The monoisotopic (exact) mass is 501 g/mol. The molecular weight excluding hydrogens is 477 g/mol. The summed E-state index contributed by atoms with van der Waals surface area (Å²) >= 11 is 0. The van der Waals surface area contributed by atoms with E-state index in [0.717, 1.165) is 55.5 Å². The standard InChI is InChI=1S/C33H24BN5/c1-18-6-10-29-25(12-18)19(16-36-29)15-35-21-8-9-23-22-4-2-3-5-24(22)31-32(27(23)14-21)39-33(38-31)28-17-37-30-11-7-20(34)13-26(28)30/h2-17,36-37H,34H2,1H3,(H,38,39). The summed E-state index contributed by atoms with van der Waals surface area (Å²) in [5.41, 5.74) is 9.74. The summed E-state index contributed by atoms with van der Waals surface area (Å²) in [4.78, 5) is 20.5. The zero-order valence-corrected chi connectivity index (χ0v) is 21.6. The van der Waals surface area contributed by atoms with E-state index in [1.807, 2.05) is 18.6 Å². The largest absolute Gasteiger partial charge is 0.361 e. The molecule has 0 radical (unpaired) electrons. The van der Waals surface area contributed by atoms with Gasteiger partial charge in [-0.05, 0) is 48.0 Å². The first-order chi connectivity index (χ1) is 19.1. The third kappa shape index (κ3) is 3.42. The summed E-state index contributed by atoms with van der Waals surface area (Å²) in [6, 6.07) is 27.8. The number of aryl methyl sites for hydroxylation is 1. The third-order valence-corrected chi connectivity index (χ3v) is 7.76. The smallest absolute Gasteiger partial charge is 0.140 e. The van der Waals surface area contributed by atoms with Gasteiger partial charge in [-0.1, -0.05) is 59.6 Å². The Morgan fingerprint density at radius 2 is 1.54 bits per heavy atom. The Hall–Kier alpha value is -5.10. The molecule has 0 saturated carbocycles. The van der Waals surface area contributed by atoms with Crippen LogP contribution in [-0.2, 0) is 0 Å². The van der Waals surface area contributed by atoms with Gasteiger partial charge < -0.3 is 15.0 Å². The Kier molecular flexibility index (Phi) is 4.61. The van der Waals surface area contributed by atoms with Gasteiger partial charge in [0.25, 0.3) is 0 Å². The highest BCUT2D eigenvalue weighted by Gasteiger charge is 2.16. The molecule has 3 heterocycles. The van der Waals surface area contributed by atoms with Crippen molar-refractivity contribution in [1.82, 2.24) is 19.9 Å². The Bertz CT molecular complexity index is 2260. The number of aliphatic imine (C=N–C) groups is 1. The molecule has 0 aliphatic carbocycles. The van der Waals surface area contributed by atoms with Gasteiger partial charge in [0.05, 0.1) is 16.7 Å². The molecule has 0 amide bonds. The molecule has 0 aliphatic heterocycles. The molecule has 0 atom stereocenters. The number of hydrogen-bond acceptors (Lipinski definition) is 2. The molecule has 0 unspecified atom stereocenters. The van der Waals surface area contributed by atoms with E-state index >= 15 is 0 Å². The second-order valence-electron chi connectivity index (χ2n) is 10.4. The Morgan fingerprint density at radius 1 is 0.744 bits per heavy atom. The summed E-state index contributed by atoms with van der Waals surface area (Å²) in [5.74, 6) is 0.863. The van der Waals surface area contributed by atoms with Crippen molar-refractivity contribution in [2.75, 3.05) is 0 Å². The SMILES string of the molecule is Bc1ccc2[nH]cc(-c3nc4c5ccccc5c5ccc(N=Cc6c[nH]c7ccc(C)cc67)cc5c4[nH]3)c2c1. The van der Waals surface area contributed by atoms with Crippen molar-refractivity contribution in [3.05, 3.63) is 102 Å². The van der Waals surface area contributed by atoms with Gasteiger partial charge in [0.2, 0.25) is 0 Å². The maximum absolute atomic E-state index is 5.15. The van der Waals surface area contributed by atoms with E-state index < -0.39 is 0 Å². The molecular formula is C33H24BN5. The summed E-state index contributed by atoms with van der Waals surface area (Å²) in [7, 11) is 2.12. The Morgan fingerprint density at radius 3 is 2.46 bits per heavy atom. The van der Waals surface area contributed by atoms with Crippen molar-refractivity contribution < 1.29 is 0 Å². The predicted octanol–water partition coefficient (Wildman–Crippen LogP) is 6.82. The second-order valence-corrected chi connectivity index (χ2v) is 10.4. The van der Waals surface area contributed by atoms with Crippen molar-refractivity contribution >= 4 is 79.6 Å². The van der Waals surface area contributed by atoms with Crippen molar-refractivity contribution in [1.29, 1.82) is 0 Å². The number of H-pyrrole nitrogens is 3. The summed E-state index contributed by atoms with van der Waals surface area (Å²) in [6.45, 7) is 2.11. The molecule has 184 valence electrons. The van der Waals surface area contributed by atoms with Crippen LogP contribution in [0.1, 0.15) is 11.1 Å². The summed E-state index contributed by atoms with van der Waals surface area (Å²) in [5, 5.41) is 6.98. The summed E-state index contributed by atoms with van der Waals surface area (Å²) < 4.78 is 0. The van der Waals surface area contributed by atoms with E-state index in [1.54, 1.807) is 0 Å². The lowest BCUT2D eigenvalue weighted by Crippen LogP contribution is -1.99. The molecule has 0 saturated heterocycles. The van der Waals surface area contributed by atoms with E-state index in [1.165, 1.54) is 32.6 Å². The second kappa shape index (κ2) is 8.20. The van der Waals surface area contributed by atoms with Crippen molar-refractivity contribution in [2.45, 2.75) is 6.92 Å². The van der Waals surface area contributed by atoms with E-state index in [9.17, 15) is 0 Å². The van der Waals surface area contributed by atoms with Crippen molar-refractivity contribution in [2.24, 2.45) is 4.99 Å². The van der Waals surface area contributed by atoms with Crippen LogP contribution in [-0.4, -0.2) is 34.0 Å². The maximum atomic E-state index is 5.15. The van der Waals surface area contributed by atoms with Gasteiger partial charge in [-0.2, -0.15) is 0 Å². The van der Waals surface area contributed by atoms with Crippen LogP contribution >= 0.6 is 0 Å². The molecule has 3 N–H and O–H groups in total. The minimum atomic E-state index is 0.863. The fourth-order valence-electron chi connectivity index (χ4n) is 5.81. The first kappa shape index (κ1) is 21.9. The van der Waals surface area contributed by atoms with Gasteiger partial charge >= 0.3 is 0 Å². The van der Waals surface area contributed by atoms with Crippen LogP contribution in [0.5, 0.6) is 0 Å². The molecule has 6 heteroatoms. The van der Waals surface area contributed by atoms with Crippen molar-refractivity contribution in [3.8, 4) is 11.4 Å². The highest BCUT2D eigenvalue weighted by atomic mass is 14.9. The topological polar surface area (TPSA) is 72.6 Å². The van der Waals surface area contributed by atoms with Crippen LogP contribution in [0.15, 0.2) is 96.2 Å². The number of imidazole rings is 1. The molecule has 5 nitrogen and oxygen atoms in total. The van der Waals surface area contributed by atoms with E-state index in [2.05, 4.69) is 109 Å². The van der Waals surface area contributed by atoms with Crippen LogP contribution in [0.4, 0.5) is 5.69 Å². The highest BCUT2D eigenvalue weighted by molar-refractivity contribution is 6.33. The zero-order chi connectivity index (χ0) is 26.1. The number of rotatable bonds is 3. The third-order valence-electron chi connectivity index (χ3n) is 7.76. The molecule has 0 fully saturated rings. The van der Waals surface area contributed by atoms with Gasteiger partial charge in [0.15, 0.2) is 0 Å². The number of nitrogens with one attached hydrogen (secondary N) is 3. The fraction of sp³-hybridized carbons (Fsp3) is 0.0303. The van der Waals surface area contributed by atoms with E-state index in [-0.39, 0.29) is 0 Å². The van der Waals surface area contributed by atoms with Gasteiger partial charge in [-0.15, -0.1) is 0 Å². The van der Waals surface area contributed by atoms with E-state index in [4.69, 9.17) is 9.98 Å². The van der Waals surface area contributed by atoms with Crippen LogP contribution in [0, 0.1) is 6.92 Å². The molecule has 0 bridgehead atoms. The number of fused-ring (bicyclic) bond motifs is 8. The number of aromatic amines is 3. The minimum Gasteiger partial charge on any atom is -0.361 e. The number of aromatic nitrogens is 4. The van der Waals surface area contributed by atoms with E-state index in [0.29, 0.717) is 0 Å². The average Bonchev–Trinajstić information content (AvgIpc) is 3.68. The number of hydrogen-bond donors (Lipinski definition) is 3. The molecule has 8 rings (SSSR count). The average molecular weight is 501 g/mol. The van der Waals surface area contributed by atoms with Gasteiger partial charge in [0.1, 0.15) is 13.7 Å². The molecule has 8 aromatic rings. The van der Waals surface area contributed by atoms with Crippen LogP contribution in [0.3, 0.4) is 0 Å². The molecule has 0 aliphatic rings. The quantitative estimate of drug-likeness (QED) is 0.139. The van der Waals surface area contributed by atoms with Crippen molar-refractivity contribution in [3.63, 3.8) is 0 Å². The molecule has 39 heavy (non-hydrogen) atoms. The lowest BCUT2D eigenvalue weighted by molar-refractivity contribution is 1.34. The normalized spacial score (nSPS) is 12.2. The number of nitrogens with zero attached hydrogens (tertiary/aromatic N) is 2. The molecule has 0 spiro atoms. The zero-order valence-electron chi connectivity index (χ0n) is 21.6. The first-order valence-corrected chi connectivity index (χ1v) is 13.2. The summed E-state index contributed by atoms with van der Waals surface area (Å²) in [6.07, 6.45) is 6.01. The van der Waals surface area contributed by atoms with Crippen LogP contribution < -0.4 is 5.46 Å². The highest BCUT2D eigenvalue weighted by Crippen LogP contribution is 2.38. The fourth-order valence-corrected chi connectivity index (χ4v) is 5.81.